The second-order valence-corrected chi connectivity index (χ2v) is 5.85. The summed E-state index contributed by atoms with van der Waals surface area (Å²) in [6.45, 7) is 3.15. The number of nitrogens with one attached hydrogen (secondary N) is 1. The van der Waals surface area contributed by atoms with Crippen molar-refractivity contribution >= 4 is 0 Å². The van der Waals surface area contributed by atoms with Gasteiger partial charge in [0.1, 0.15) is 5.75 Å². The Morgan fingerprint density at radius 2 is 2.16 bits per heavy atom. The van der Waals surface area contributed by atoms with Gasteiger partial charge in [-0.1, -0.05) is 12.1 Å². The molecule has 0 bridgehead atoms. The summed E-state index contributed by atoms with van der Waals surface area (Å²) in [4.78, 5) is 0. The Kier molecular flexibility index (Phi) is 4.04. The SMILES string of the molecule is NC(CC1CCNCC1)c1ccc2c(c1)CCCO2. The largest absolute Gasteiger partial charge is 0.493 e. The highest BCUT2D eigenvalue weighted by molar-refractivity contribution is 5.39. The van der Waals surface area contributed by atoms with Gasteiger partial charge in [-0.2, -0.15) is 0 Å². The van der Waals surface area contributed by atoms with Crippen molar-refractivity contribution < 1.29 is 4.74 Å². The zero-order valence-electron chi connectivity index (χ0n) is 11.5. The van der Waals surface area contributed by atoms with E-state index in [9.17, 15) is 0 Å². The number of fused-ring (bicyclic) bond motifs is 1. The number of hydrogen-bond acceptors (Lipinski definition) is 3. The molecule has 3 rings (SSSR count). The van der Waals surface area contributed by atoms with Crippen molar-refractivity contribution in [1.82, 2.24) is 5.32 Å². The lowest BCUT2D eigenvalue weighted by atomic mass is 9.88. The Labute approximate surface area is 115 Å². The number of nitrogens with two attached hydrogens (primary N) is 1. The van der Waals surface area contributed by atoms with Gasteiger partial charge >= 0.3 is 0 Å². The molecule has 2 heterocycles. The van der Waals surface area contributed by atoms with Crippen LogP contribution in [0.3, 0.4) is 0 Å². The molecule has 1 aromatic rings. The summed E-state index contributed by atoms with van der Waals surface area (Å²) in [5, 5.41) is 3.41. The van der Waals surface area contributed by atoms with Gasteiger partial charge < -0.3 is 15.8 Å². The highest BCUT2D eigenvalue weighted by Crippen LogP contribution is 2.30. The van der Waals surface area contributed by atoms with Crippen LogP contribution in [0.25, 0.3) is 0 Å². The summed E-state index contributed by atoms with van der Waals surface area (Å²) in [5.74, 6) is 1.84. The molecule has 0 aromatic heterocycles. The standard InChI is InChI=1S/C16H24N2O/c17-15(10-12-5-7-18-8-6-12)13-3-4-16-14(11-13)2-1-9-19-16/h3-4,11-12,15,18H,1-2,5-10,17H2. The number of benzene rings is 1. The molecule has 0 saturated carbocycles. The van der Waals surface area contributed by atoms with E-state index < -0.39 is 0 Å². The molecule has 1 aromatic carbocycles. The number of piperidine rings is 1. The molecular formula is C16H24N2O. The van der Waals surface area contributed by atoms with Crippen LogP contribution >= 0.6 is 0 Å². The number of hydrogen-bond donors (Lipinski definition) is 2. The van der Waals surface area contributed by atoms with E-state index in [2.05, 4.69) is 23.5 Å². The van der Waals surface area contributed by atoms with E-state index in [0.717, 1.165) is 50.6 Å². The van der Waals surface area contributed by atoms with Crippen LogP contribution in [0.5, 0.6) is 5.75 Å². The molecule has 1 saturated heterocycles. The van der Waals surface area contributed by atoms with Crippen LogP contribution in [-0.4, -0.2) is 19.7 Å². The van der Waals surface area contributed by atoms with Gasteiger partial charge in [-0.3, -0.25) is 0 Å². The Hall–Kier alpha value is -1.06. The minimum atomic E-state index is 0.176. The first-order valence-corrected chi connectivity index (χ1v) is 7.55. The maximum absolute atomic E-state index is 6.40. The lowest BCUT2D eigenvalue weighted by molar-refractivity contribution is 0.288. The summed E-state index contributed by atoms with van der Waals surface area (Å²) in [5.41, 5.74) is 9.02. The van der Waals surface area contributed by atoms with Crippen LogP contribution in [0.4, 0.5) is 0 Å². The zero-order valence-corrected chi connectivity index (χ0v) is 11.5. The number of aryl methyl sites for hydroxylation is 1. The molecule has 0 radical (unpaired) electrons. The topological polar surface area (TPSA) is 47.3 Å². The van der Waals surface area contributed by atoms with Crippen molar-refractivity contribution in [2.45, 2.75) is 38.1 Å². The van der Waals surface area contributed by atoms with Gasteiger partial charge in [-0.15, -0.1) is 0 Å². The Morgan fingerprint density at radius 1 is 1.32 bits per heavy atom. The second kappa shape index (κ2) is 5.93. The van der Waals surface area contributed by atoms with Gasteiger partial charge in [0, 0.05) is 6.04 Å². The summed E-state index contributed by atoms with van der Waals surface area (Å²) in [7, 11) is 0. The van der Waals surface area contributed by atoms with E-state index in [1.54, 1.807) is 0 Å². The fraction of sp³-hybridized carbons (Fsp3) is 0.625. The van der Waals surface area contributed by atoms with Crippen LogP contribution in [0, 0.1) is 5.92 Å². The van der Waals surface area contributed by atoms with Crippen LogP contribution in [0.2, 0.25) is 0 Å². The van der Waals surface area contributed by atoms with Crippen molar-refractivity contribution in [3.63, 3.8) is 0 Å². The third kappa shape index (κ3) is 3.10. The van der Waals surface area contributed by atoms with Crippen LogP contribution in [-0.2, 0) is 6.42 Å². The molecule has 3 heteroatoms. The average Bonchev–Trinajstić information content (AvgIpc) is 2.48. The molecule has 1 unspecified atom stereocenters. The normalized spacial score (nSPS) is 21.5. The van der Waals surface area contributed by atoms with Gasteiger partial charge in [0.05, 0.1) is 6.61 Å². The molecule has 3 N–H and O–H groups in total. The monoisotopic (exact) mass is 260 g/mol. The van der Waals surface area contributed by atoms with E-state index in [4.69, 9.17) is 10.5 Å². The van der Waals surface area contributed by atoms with Crippen molar-refractivity contribution in [2.24, 2.45) is 11.7 Å². The lowest BCUT2D eigenvalue weighted by Gasteiger charge is -2.26. The maximum atomic E-state index is 6.40. The summed E-state index contributed by atoms with van der Waals surface area (Å²) < 4.78 is 5.66. The van der Waals surface area contributed by atoms with E-state index in [1.807, 2.05) is 0 Å². The van der Waals surface area contributed by atoms with Crippen LogP contribution < -0.4 is 15.8 Å². The fourth-order valence-corrected chi connectivity index (χ4v) is 3.22. The maximum Gasteiger partial charge on any atom is 0.122 e. The Morgan fingerprint density at radius 3 is 3.00 bits per heavy atom. The molecule has 0 aliphatic carbocycles. The summed E-state index contributed by atoms with van der Waals surface area (Å²) in [6, 6.07) is 6.69. The average molecular weight is 260 g/mol. The molecule has 3 nitrogen and oxygen atoms in total. The van der Waals surface area contributed by atoms with Crippen molar-refractivity contribution in [3.05, 3.63) is 29.3 Å². The molecule has 1 fully saturated rings. The lowest BCUT2D eigenvalue weighted by Crippen LogP contribution is -2.29. The molecule has 104 valence electrons. The molecule has 0 amide bonds. The fourth-order valence-electron chi connectivity index (χ4n) is 3.22. The van der Waals surface area contributed by atoms with E-state index in [0.29, 0.717) is 0 Å². The molecule has 19 heavy (non-hydrogen) atoms. The highest BCUT2D eigenvalue weighted by Gasteiger charge is 2.19. The zero-order chi connectivity index (χ0) is 13.1. The van der Waals surface area contributed by atoms with Gasteiger partial charge in [-0.25, -0.2) is 0 Å². The van der Waals surface area contributed by atoms with Crippen molar-refractivity contribution in [2.75, 3.05) is 19.7 Å². The minimum absolute atomic E-state index is 0.176. The smallest absolute Gasteiger partial charge is 0.122 e. The van der Waals surface area contributed by atoms with Crippen LogP contribution in [0.1, 0.15) is 42.9 Å². The molecular weight excluding hydrogens is 236 g/mol. The quantitative estimate of drug-likeness (QED) is 0.877. The highest BCUT2D eigenvalue weighted by atomic mass is 16.5. The summed E-state index contributed by atoms with van der Waals surface area (Å²) in [6.07, 6.45) is 5.90. The molecule has 1 atom stereocenters. The number of ether oxygens (including phenoxy) is 1. The first-order valence-electron chi connectivity index (χ1n) is 7.55. The predicted octanol–water partition coefficient (Wildman–Crippen LogP) is 2.40. The first-order chi connectivity index (χ1) is 9.33. The Balaban J connectivity index is 1.67. The summed E-state index contributed by atoms with van der Waals surface area (Å²) >= 11 is 0. The Bertz CT molecular complexity index is 427. The van der Waals surface area contributed by atoms with E-state index in [1.165, 1.54) is 24.0 Å². The molecule has 2 aliphatic heterocycles. The van der Waals surface area contributed by atoms with E-state index >= 15 is 0 Å². The number of rotatable bonds is 3. The first kappa shape index (κ1) is 12.9. The predicted molar refractivity (Wildman–Crippen MR) is 77.4 cm³/mol. The van der Waals surface area contributed by atoms with Gasteiger partial charge in [-0.05, 0) is 68.3 Å². The van der Waals surface area contributed by atoms with Crippen molar-refractivity contribution in [3.8, 4) is 5.75 Å². The third-order valence-corrected chi connectivity index (χ3v) is 4.41. The van der Waals surface area contributed by atoms with Gasteiger partial charge in [0.15, 0.2) is 0 Å². The molecule has 2 aliphatic rings. The second-order valence-electron chi connectivity index (χ2n) is 5.85. The van der Waals surface area contributed by atoms with Gasteiger partial charge in [0.2, 0.25) is 0 Å². The van der Waals surface area contributed by atoms with E-state index in [-0.39, 0.29) is 6.04 Å². The minimum Gasteiger partial charge on any atom is -0.493 e. The molecule has 0 spiro atoms. The third-order valence-electron chi connectivity index (χ3n) is 4.41. The van der Waals surface area contributed by atoms with Crippen molar-refractivity contribution in [1.29, 1.82) is 0 Å². The van der Waals surface area contributed by atoms with Crippen LogP contribution in [0.15, 0.2) is 18.2 Å². The van der Waals surface area contributed by atoms with Gasteiger partial charge in [0.25, 0.3) is 0 Å².